The summed E-state index contributed by atoms with van der Waals surface area (Å²) in [6.45, 7) is 7.62. The molecule has 0 aliphatic carbocycles. The van der Waals surface area contributed by atoms with Gasteiger partial charge in [0.25, 0.3) is 11.6 Å². The predicted molar refractivity (Wildman–Crippen MR) is 135 cm³/mol. The zero-order valence-electron chi connectivity index (χ0n) is 19.0. The normalized spacial score (nSPS) is 11.5. The molecule has 0 saturated heterocycles. The highest BCUT2D eigenvalue weighted by atomic mass is 35.5. The van der Waals surface area contributed by atoms with E-state index in [1.807, 2.05) is 0 Å². The van der Waals surface area contributed by atoms with Gasteiger partial charge >= 0.3 is 0 Å². The molecule has 3 rings (SSSR count). The smallest absolute Gasteiger partial charge is 0.269 e. The molecule has 35 heavy (non-hydrogen) atoms. The van der Waals surface area contributed by atoms with Crippen LogP contribution in [0.2, 0.25) is 5.02 Å². The van der Waals surface area contributed by atoms with Crippen LogP contribution in [0, 0.1) is 17.0 Å². The summed E-state index contributed by atoms with van der Waals surface area (Å²) in [4.78, 5) is 35.4. The molecule has 0 spiro atoms. The Hall–Kier alpha value is -3.70. The fourth-order valence-corrected chi connectivity index (χ4v) is 4.07. The van der Waals surface area contributed by atoms with Crippen LogP contribution >= 0.6 is 23.4 Å². The van der Waals surface area contributed by atoms with Crippen molar-refractivity contribution in [2.45, 2.75) is 31.6 Å². The third kappa shape index (κ3) is 6.67. The van der Waals surface area contributed by atoms with E-state index < -0.39 is 11.0 Å². The van der Waals surface area contributed by atoms with Gasteiger partial charge in [-0.15, -0.1) is 16.8 Å². The zero-order chi connectivity index (χ0) is 25.5. The van der Waals surface area contributed by atoms with Gasteiger partial charge in [-0.2, -0.15) is 0 Å². The van der Waals surface area contributed by atoms with Gasteiger partial charge in [-0.1, -0.05) is 29.4 Å². The Kier molecular flexibility index (Phi) is 8.61. The van der Waals surface area contributed by atoms with E-state index in [-0.39, 0.29) is 23.3 Å². The fraction of sp³-hybridized carbons (Fsp3) is 0.217. The maximum absolute atomic E-state index is 12.6. The Morgan fingerprint density at radius 3 is 2.60 bits per heavy atom. The first-order valence-corrected chi connectivity index (χ1v) is 11.8. The molecule has 12 heteroatoms. The molecule has 182 valence electrons. The number of non-ortho nitro benzene ring substituents is 1. The van der Waals surface area contributed by atoms with Crippen molar-refractivity contribution >= 4 is 46.6 Å². The summed E-state index contributed by atoms with van der Waals surface area (Å²) in [5, 5.41) is 25.9. The molecule has 0 radical (unpaired) electrons. The molecule has 2 aromatic carbocycles. The van der Waals surface area contributed by atoms with Crippen molar-refractivity contribution < 1.29 is 14.5 Å². The van der Waals surface area contributed by atoms with E-state index in [0.29, 0.717) is 39.4 Å². The average molecular weight is 515 g/mol. The van der Waals surface area contributed by atoms with Crippen molar-refractivity contribution in [3.63, 3.8) is 0 Å². The van der Waals surface area contributed by atoms with Crippen LogP contribution < -0.4 is 10.6 Å². The minimum absolute atomic E-state index is 0.0389. The molecule has 0 unspecified atom stereocenters. The monoisotopic (exact) mass is 514 g/mol. The maximum Gasteiger partial charge on any atom is 0.269 e. The predicted octanol–water partition coefficient (Wildman–Crippen LogP) is 4.56. The van der Waals surface area contributed by atoms with Crippen molar-refractivity contribution in [3.05, 3.63) is 87.2 Å². The molecule has 1 atom stereocenters. The van der Waals surface area contributed by atoms with E-state index in [1.165, 1.54) is 30.0 Å². The quantitative estimate of drug-likeness (QED) is 0.175. The number of aromatic nitrogens is 3. The highest BCUT2D eigenvalue weighted by Crippen LogP contribution is 2.24. The number of amides is 2. The van der Waals surface area contributed by atoms with Crippen LogP contribution in [0.25, 0.3) is 0 Å². The second-order valence-corrected chi connectivity index (χ2v) is 8.91. The minimum atomic E-state index is -0.489. The van der Waals surface area contributed by atoms with Crippen LogP contribution in [0.1, 0.15) is 34.7 Å². The van der Waals surface area contributed by atoms with E-state index in [0.717, 1.165) is 0 Å². The zero-order valence-corrected chi connectivity index (χ0v) is 20.6. The van der Waals surface area contributed by atoms with Gasteiger partial charge in [0, 0.05) is 35.0 Å². The van der Waals surface area contributed by atoms with Gasteiger partial charge in [-0.3, -0.25) is 19.7 Å². The molecule has 3 aromatic rings. The van der Waals surface area contributed by atoms with Gasteiger partial charge < -0.3 is 15.2 Å². The maximum atomic E-state index is 12.6. The van der Waals surface area contributed by atoms with Gasteiger partial charge in [0.2, 0.25) is 5.91 Å². The highest BCUT2D eigenvalue weighted by molar-refractivity contribution is 7.99. The summed E-state index contributed by atoms with van der Waals surface area (Å²) in [5.41, 5.74) is 1.49. The summed E-state index contributed by atoms with van der Waals surface area (Å²) in [7, 11) is 0. The average Bonchev–Trinajstić information content (AvgIpc) is 3.22. The van der Waals surface area contributed by atoms with Crippen molar-refractivity contribution in [3.8, 4) is 0 Å². The number of carbonyl (C=O) groups is 2. The molecular formula is C23H23ClN6O4S. The second-order valence-electron chi connectivity index (χ2n) is 7.54. The van der Waals surface area contributed by atoms with Crippen molar-refractivity contribution in [1.82, 2.24) is 20.1 Å². The number of nitrogens with zero attached hydrogens (tertiary/aromatic N) is 4. The Bertz CT molecular complexity index is 1260. The fourth-order valence-electron chi connectivity index (χ4n) is 3.19. The lowest BCUT2D eigenvalue weighted by atomic mass is 10.2. The molecule has 0 saturated carbocycles. The first-order chi connectivity index (χ1) is 16.7. The van der Waals surface area contributed by atoms with E-state index in [9.17, 15) is 19.7 Å². The molecule has 0 aliphatic rings. The number of hydrogen-bond acceptors (Lipinski definition) is 7. The number of rotatable bonds is 10. The van der Waals surface area contributed by atoms with Gasteiger partial charge in [0.05, 0.1) is 16.7 Å². The van der Waals surface area contributed by atoms with Crippen LogP contribution in [0.3, 0.4) is 0 Å². The summed E-state index contributed by atoms with van der Waals surface area (Å²) in [5.74, 6) is -0.0292. The van der Waals surface area contributed by atoms with Gasteiger partial charge in [0.1, 0.15) is 0 Å². The standard InChI is InChI=1S/C23H23ClN6O4S/c1-4-11-29-21(15(3)25-22(32)16-5-7-17(24)8-6-16)27-28-23(29)35-13-20(31)26-19-10-9-18(30(33)34)12-14(19)2/h4-10,12,15H,1,11,13H2,2-3H3,(H,25,32)(H,26,31)/t15-/m0/s1. The molecule has 1 heterocycles. The number of benzene rings is 2. The molecule has 10 nitrogen and oxygen atoms in total. The largest absolute Gasteiger partial charge is 0.342 e. The van der Waals surface area contributed by atoms with Gasteiger partial charge in [0.15, 0.2) is 11.0 Å². The van der Waals surface area contributed by atoms with Crippen LogP contribution in [-0.2, 0) is 11.3 Å². The summed E-state index contributed by atoms with van der Waals surface area (Å²) in [6.07, 6.45) is 1.67. The van der Waals surface area contributed by atoms with E-state index in [1.54, 1.807) is 48.8 Å². The van der Waals surface area contributed by atoms with Crippen molar-refractivity contribution in [2.24, 2.45) is 0 Å². The second kappa shape index (κ2) is 11.6. The molecule has 0 aliphatic heterocycles. The first kappa shape index (κ1) is 25.9. The number of nitro groups is 1. The lowest BCUT2D eigenvalue weighted by Crippen LogP contribution is -2.28. The molecule has 0 fully saturated rings. The lowest BCUT2D eigenvalue weighted by Gasteiger charge is -2.15. The molecule has 2 N–H and O–H groups in total. The summed E-state index contributed by atoms with van der Waals surface area (Å²) >= 11 is 7.06. The van der Waals surface area contributed by atoms with Crippen LogP contribution in [0.15, 0.2) is 60.3 Å². The molecule has 1 aromatic heterocycles. The van der Waals surface area contributed by atoms with Crippen molar-refractivity contribution in [2.75, 3.05) is 11.1 Å². The Balaban J connectivity index is 1.66. The highest BCUT2D eigenvalue weighted by Gasteiger charge is 2.21. The lowest BCUT2D eigenvalue weighted by molar-refractivity contribution is -0.384. The minimum Gasteiger partial charge on any atom is -0.342 e. The molecule has 2 amide bonds. The van der Waals surface area contributed by atoms with E-state index in [2.05, 4.69) is 27.4 Å². The van der Waals surface area contributed by atoms with Crippen LogP contribution in [0.5, 0.6) is 0 Å². The Morgan fingerprint density at radius 1 is 1.26 bits per heavy atom. The molecular weight excluding hydrogens is 492 g/mol. The van der Waals surface area contributed by atoms with Crippen LogP contribution in [0.4, 0.5) is 11.4 Å². The third-order valence-electron chi connectivity index (χ3n) is 4.93. The van der Waals surface area contributed by atoms with Gasteiger partial charge in [-0.25, -0.2) is 0 Å². The van der Waals surface area contributed by atoms with Crippen molar-refractivity contribution in [1.29, 1.82) is 0 Å². The third-order valence-corrected chi connectivity index (χ3v) is 6.14. The summed E-state index contributed by atoms with van der Waals surface area (Å²) < 4.78 is 1.77. The topological polar surface area (TPSA) is 132 Å². The number of thioether (sulfide) groups is 1. The number of anilines is 1. The SMILES string of the molecule is C=CCn1c(SCC(=O)Nc2ccc([N+](=O)[O-])cc2C)nnc1[C@H](C)NC(=O)c1ccc(Cl)cc1. The number of nitrogens with one attached hydrogen (secondary N) is 2. The van der Waals surface area contributed by atoms with Gasteiger partial charge in [-0.05, 0) is 49.7 Å². The number of carbonyl (C=O) groups excluding carboxylic acids is 2. The Labute approximate surface area is 210 Å². The van der Waals surface area contributed by atoms with E-state index >= 15 is 0 Å². The Morgan fingerprint density at radius 2 is 1.97 bits per heavy atom. The number of hydrogen-bond donors (Lipinski definition) is 2. The first-order valence-electron chi connectivity index (χ1n) is 10.5. The number of allylic oxidation sites excluding steroid dienone is 1. The number of aryl methyl sites for hydroxylation is 1. The van der Waals surface area contributed by atoms with E-state index in [4.69, 9.17) is 11.6 Å². The summed E-state index contributed by atoms with van der Waals surface area (Å²) in [6, 6.07) is 10.3. The van der Waals surface area contributed by atoms with Crippen LogP contribution in [-0.4, -0.2) is 37.3 Å². The number of halogens is 1. The molecule has 0 bridgehead atoms. The number of nitro benzene ring substituents is 1.